The van der Waals surface area contributed by atoms with Crippen LogP contribution in [0.5, 0.6) is 5.75 Å². The lowest BCUT2D eigenvalue weighted by molar-refractivity contribution is 0.292. The van der Waals surface area contributed by atoms with Gasteiger partial charge in [0.15, 0.2) is 0 Å². The fourth-order valence-corrected chi connectivity index (χ4v) is 2.31. The van der Waals surface area contributed by atoms with Gasteiger partial charge in [-0.2, -0.15) is 0 Å². The van der Waals surface area contributed by atoms with E-state index < -0.39 is 0 Å². The van der Waals surface area contributed by atoms with Gasteiger partial charge in [-0.15, -0.1) is 0 Å². The molecule has 0 aliphatic carbocycles. The molecule has 1 fully saturated rings. The van der Waals surface area contributed by atoms with E-state index in [1.54, 1.807) is 0 Å². The minimum absolute atomic E-state index is 0.612. The minimum atomic E-state index is 0.612. The van der Waals surface area contributed by atoms with Crippen molar-refractivity contribution in [2.24, 2.45) is 0 Å². The number of ether oxygens (including phenoxy) is 1. The molecule has 1 aromatic carbocycles. The fourth-order valence-electron chi connectivity index (χ4n) is 2.31. The largest absolute Gasteiger partial charge is 0.492 e. The van der Waals surface area contributed by atoms with Gasteiger partial charge in [0.05, 0.1) is 0 Å². The number of piperidine rings is 1. The van der Waals surface area contributed by atoms with Crippen molar-refractivity contribution in [3.05, 3.63) is 29.3 Å². The topological polar surface area (TPSA) is 33.3 Å². The summed E-state index contributed by atoms with van der Waals surface area (Å²) < 4.78 is 5.83. The van der Waals surface area contributed by atoms with Gasteiger partial charge in [-0.3, -0.25) is 0 Å². The van der Waals surface area contributed by atoms with Gasteiger partial charge >= 0.3 is 0 Å². The molecule has 1 aromatic rings. The third-order valence-electron chi connectivity index (χ3n) is 3.43. The average molecular weight is 248 g/mol. The lowest BCUT2D eigenvalue weighted by atomic mass is 10.1. The molecule has 1 aliphatic heterocycles. The number of aryl methyl sites for hydroxylation is 2. The van der Waals surface area contributed by atoms with Crippen LogP contribution in [0.3, 0.4) is 0 Å². The number of rotatable bonds is 5. The van der Waals surface area contributed by atoms with E-state index in [1.807, 2.05) is 0 Å². The van der Waals surface area contributed by atoms with Crippen molar-refractivity contribution < 1.29 is 4.74 Å². The molecule has 100 valence electrons. The molecule has 3 nitrogen and oxygen atoms in total. The molecule has 0 bridgehead atoms. The molecule has 1 aliphatic rings. The molecular formula is C15H24N2O. The molecule has 3 heteroatoms. The SMILES string of the molecule is Cc1ccc(C)c(OCCNC2CCCNC2)c1. The quantitative estimate of drug-likeness (QED) is 0.782. The van der Waals surface area contributed by atoms with E-state index in [4.69, 9.17) is 4.74 Å². The van der Waals surface area contributed by atoms with Gasteiger partial charge in [-0.05, 0) is 50.4 Å². The predicted molar refractivity (Wildman–Crippen MR) is 75.3 cm³/mol. The van der Waals surface area contributed by atoms with Crippen LogP contribution < -0.4 is 15.4 Å². The van der Waals surface area contributed by atoms with Crippen molar-refractivity contribution in [2.45, 2.75) is 32.7 Å². The van der Waals surface area contributed by atoms with E-state index in [-0.39, 0.29) is 0 Å². The van der Waals surface area contributed by atoms with Gasteiger partial charge in [-0.25, -0.2) is 0 Å². The number of hydrogen-bond acceptors (Lipinski definition) is 3. The van der Waals surface area contributed by atoms with Gasteiger partial charge in [-0.1, -0.05) is 12.1 Å². The first-order chi connectivity index (χ1) is 8.75. The molecule has 1 unspecified atom stereocenters. The first-order valence-electron chi connectivity index (χ1n) is 6.90. The van der Waals surface area contributed by atoms with E-state index in [2.05, 4.69) is 42.7 Å². The molecule has 1 atom stereocenters. The van der Waals surface area contributed by atoms with Crippen LogP contribution in [0.25, 0.3) is 0 Å². The maximum atomic E-state index is 5.83. The summed E-state index contributed by atoms with van der Waals surface area (Å²) in [7, 11) is 0. The highest BCUT2D eigenvalue weighted by molar-refractivity contribution is 5.35. The monoisotopic (exact) mass is 248 g/mol. The zero-order chi connectivity index (χ0) is 12.8. The molecule has 1 heterocycles. The van der Waals surface area contributed by atoms with Crippen LogP contribution in [-0.2, 0) is 0 Å². The second-order valence-electron chi connectivity index (χ2n) is 5.11. The highest BCUT2D eigenvalue weighted by atomic mass is 16.5. The second-order valence-corrected chi connectivity index (χ2v) is 5.11. The summed E-state index contributed by atoms with van der Waals surface area (Å²) in [6.07, 6.45) is 2.55. The molecule has 2 N–H and O–H groups in total. The summed E-state index contributed by atoms with van der Waals surface area (Å²) >= 11 is 0. The Hall–Kier alpha value is -1.06. The van der Waals surface area contributed by atoms with Gasteiger partial charge in [0.1, 0.15) is 12.4 Å². The van der Waals surface area contributed by atoms with Crippen LogP contribution in [0.4, 0.5) is 0 Å². The minimum Gasteiger partial charge on any atom is -0.492 e. The molecule has 2 rings (SSSR count). The summed E-state index contributed by atoms with van der Waals surface area (Å²) in [6.45, 7) is 8.09. The fraction of sp³-hybridized carbons (Fsp3) is 0.600. The Labute approximate surface area is 110 Å². The van der Waals surface area contributed by atoms with Crippen LogP contribution in [0.15, 0.2) is 18.2 Å². The highest BCUT2D eigenvalue weighted by Crippen LogP contribution is 2.18. The summed E-state index contributed by atoms with van der Waals surface area (Å²) in [6, 6.07) is 6.95. The zero-order valence-electron chi connectivity index (χ0n) is 11.5. The average Bonchev–Trinajstić information content (AvgIpc) is 2.40. The van der Waals surface area contributed by atoms with Gasteiger partial charge in [0.2, 0.25) is 0 Å². The smallest absolute Gasteiger partial charge is 0.122 e. The highest BCUT2D eigenvalue weighted by Gasteiger charge is 2.11. The predicted octanol–water partition coefficient (Wildman–Crippen LogP) is 2.02. The third-order valence-corrected chi connectivity index (χ3v) is 3.43. The molecule has 1 saturated heterocycles. The number of nitrogens with one attached hydrogen (secondary N) is 2. The van der Waals surface area contributed by atoms with Crippen molar-refractivity contribution in [1.29, 1.82) is 0 Å². The summed E-state index contributed by atoms with van der Waals surface area (Å²) in [4.78, 5) is 0. The molecular weight excluding hydrogens is 224 g/mol. The second kappa shape index (κ2) is 6.76. The lowest BCUT2D eigenvalue weighted by Crippen LogP contribution is -2.44. The van der Waals surface area contributed by atoms with Crippen LogP contribution in [0, 0.1) is 13.8 Å². The Morgan fingerprint density at radius 1 is 1.39 bits per heavy atom. The van der Waals surface area contributed by atoms with Gasteiger partial charge < -0.3 is 15.4 Å². The van der Waals surface area contributed by atoms with Gasteiger partial charge in [0, 0.05) is 19.1 Å². The van der Waals surface area contributed by atoms with Crippen LogP contribution >= 0.6 is 0 Å². The Bertz CT molecular complexity index is 373. The van der Waals surface area contributed by atoms with E-state index in [9.17, 15) is 0 Å². The number of hydrogen-bond donors (Lipinski definition) is 2. The van der Waals surface area contributed by atoms with Crippen LogP contribution in [0.2, 0.25) is 0 Å². The normalized spacial score (nSPS) is 19.8. The van der Waals surface area contributed by atoms with Crippen molar-refractivity contribution >= 4 is 0 Å². The molecule has 0 spiro atoms. The Morgan fingerprint density at radius 3 is 3.06 bits per heavy atom. The maximum Gasteiger partial charge on any atom is 0.122 e. The Morgan fingerprint density at radius 2 is 2.28 bits per heavy atom. The van der Waals surface area contributed by atoms with Crippen LogP contribution in [-0.4, -0.2) is 32.3 Å². The van der Waals surface area contributed by atoms with E-state index >= 15 is 0 Å². The Kier molecular flexibility index (Phi) is 5.02. The van der Waals surface area contributed by atoms with Crippen molar-refractivity contribution in [3.63, 3.8) is 0 Å². The standard InChI is InChI=1S/C15H24N2O/c1-12-5-6-13(2)15(10-12)18-9-8-17-14-4-3-7-16-11-14/h5-6,10,14,16-17H,3-4,7-9,11H2,1-2H3. The molecule has 0 saturated carbocycles. The van der Waals surface area contributed by atoms with Crippen LogP contribution in [0.1, 0.15) is 24.0 Å². The first-order valence-corrected chi connectivity index (χ1v) is 6.90. The summed E-state index contributed by atoms with van der Waals surface area (Å²) in [5.41, 5.74) is 2.46. The molecule has 18 heavy (non-hydrogen) atoms. The molecule has 0 radical (unpaired) electrons. The summed E-state index contributed by atoms with van der Waals surface area (Å²) in [5, 5.41) is 6.95. The maximum absolute atomic E-state index is 5.83. The summed E-state index contributed by atoms with van der Waals surface area (Å²) in [5.74, 6) is 1.01. The van der Waals surface area contributed by atoms with E-state index in [0.717, 1.165) is 32.0 Å². The van der Waals surface area contributed by atoms with Crippen molar-refractivity contribution in [3.8, 4) is 5.75 Å². The third kappa shape index (κ3) is 4.00. The van der Waals surface area contributed by atoms with Crippen molar-refractivity contribution in [2.75, 3.05) is 26.2 Å². The van der Waals surface area contributed by atoms with E-state index in [0.29, 0.717) is 6.04 Å². The van der Waals surface area contributed by atoms with Gasteiger partial charge in [0.25, 0.3) is 0 Å². The molecule has 0 amide bonds. The van der Waals surface area contributed by atoms with E-state index in [1.165, 1.54) is 24.0 Å². The Balaban J connectivity index is 1.69. The zero-order valence-corrected chi connectivity index (χ0v) is 11.5. The van der Waals surface area contributed by atoms with Crippen molar-refractivity contribution in [1.82, 2.24) is 10.6 Å². The number of benzene rings is 1. The lowest BCUT2D eigenvalue weighted by Gasteiger charge is -2.24. The first kappa shape index (κ1) is 13.4. The molecule has 0 aromatic heterocycles.